The van der Waals surface area contributed by atoms with E-state index in [1.165, 1.54) is 6.92 Å². The summed E-state index contributed by atoms with van der Waals surface area (Å²) in [4.78, 5) is 10.4. The standard InChI is InChI=1S/C7H13NO2.C6H6O/c1-3-4-6(9)5(2)7(8)10;7-6-4-2-1-3-5-6/h9H,3-4H2,1-2H3,(H2,8,10);1-5,7H. The van der Waals surface area contributed by atoms with E-state index in [1.54, 1.807) is 24.3 Å². The predicted octanol–water partition coefficient (Wildman–Crippen LogP) is 2.50. The van der Waals surface area contributed by atoms with Crippen LogP contribution < -0.4 is 5.73 Å². The summed E-state index contributed by atoms with van der Waals surface area (Å²) in [6.45, 7) is 3.44. The van der Waals surface area contributed by atoms with Crippen LogP contribution in [0.5, 0.6) is 5.75 Å². The molecule has 0 bridgehead atoms. The maximum absolute atomic E-state index is 10.4. The van der Waals surface area contributed by atoms with Crippen molar-refractivity contribution >= 4 is 5.91 Å². The lowest BCUT2D eigenvalue weighted by Gasteiger charge is -1.99. The number of carbonyl (C=O) groups excluding carboxylic acids is 1. The number of rotatable bonds is 3. The van der Waals surface area contributed by atoms with Crippen molar-refractivity contribution in [3.05, 3.63) is 41.7 Å². The zero-order valence-corrected chi connectivity index (χ0v) is 10.2. The summed E-state index contributed by atoms with van der Waals surface area (Å²) < 4.78 is 0. The van der Waals surface area contributed by atoms with Crippen molar-refractivity contribution in [2.45, 2.75) is 26.7 Å². The molecule has 0 heterocycles. The van der Waals surface area contributed by atoms with Gasteiger partial charge in [0.05, 0.1) is 5.57 Å². The molecule has 0 aliphatic rings. The minimum absolute atomic E-state index is 0.106. The fourth-order valence-corrected chi connectivity index (χ4v) is 0.995. The molecule has 1 aromatic rings. The summed E-state index contributed by atoms with van der Waals surface area (Å²) in [7, 11) is 0. The van der Waals surface area contributed by atoms with E-state index in [4.69, 9.17) is 15.9 Å². The van der Waals surface area contributed by atoms with E-state index >= 15 is 0 Å². The van der Waals surface area contributed by atoms with E-state index in [-0.39, 0.29) is 11.3 Å². The minimum atomic E-state index is -0.550. The molecule has 0 radical (unpaired) electrons. The van der Waals surface area contributed by atoms with Crippen LogP contribution in [0.1, 0.15) is 26.7 Å². The number of phenols is 1. The average molecular weight is 237 g/mol. The molecule has 1 rings (SSSR count). The van der Waals surface area contributed by atoms with Gasteiger partial charge in [-0.1, -0.05) is 25.1 Å². The van der Waals surface area contributed by atoms with Gasteiger partial charge in [0.2, 0.25) is 5.91 Å². The Balaban J connectivity index is 0.000000318. The van der Waals surface area contributed by atoms with E-state index < -0.39 is 5.91 Å². The number of carbonyl (C=O) groups is 1. The second kappa shape index (κ2) is 8.21. The largest absolute Gasteiger partial charge is 0.512 e. The van der Waals surface area contributed by atoms with Crippen molar-refractivity contribution in [3.8, 4) is 5.75 Å². The smallest absolute Gasteiger partial charge is 0.247 e. The van der Waals surface area contributed by atoms with Gasteiger partial charge in [-0.15, -0.1) is 0 Å². The number of allylic oxidation sites excluding steroid dienone is 1. The topological polar surface area (TPSA) is 83.5 Å². The molecule has 0 saturated heterocycles. The molecule has 94 valence electrons. The number of aliphatic hydroxyl groups is 1. The normalized spacial score (nSPS) is 10.9. The zero-order chi connectivity index (χ0) is 13.3. The summed E-state index contributed by atoms with van der Waals surface area (Å²) in [5, 5.41) is 17.7. The van der Waals surface area contributed by atoms with Crippen LogP contribution >= 0.6 is 0 Å². The molecule has 0 atom stereocenters. The van der Waals surface area contributed by atoms with Crippen LogP contribution in [0.25, 0.3) is 0 Å². The van der Waals surface area contributed by atoms with Crippen LogP contribution in [0.2, 0.25) is 0 Å². The highest BCUT2D eigenvalue weighted by molar-refractivity contribution is 5.91. The average Bonchev–Trinajstić information content (AvgIpc) is 2.30. The molecule has 4 nitrogen and oxygen atoms in total. The molecule has 0 aliphatic heterocycles. The lowest BCUT2D eigenvalue weighted by molar-refractivity contribution is -0.114. The Kier molecular flexibility index (Phi) is 7.26. The molecular formula is C13H19NO3. The third kappa shape index (κ3) is 7.00. The maximum Gasteiger partial charge on any atom is 0.247 e. The van der Waals surface area contributed by atoms with Gasteiger partial charge in [0, 0.05) is 6.42 Å². The molecule has 0 saturated carbocycles. The molecular weight excluding hydrogens is 218 g/mol. The van der Waals surface area contributed by atoms with Gasteiger partial charge in [0.25, 0.3) is 0 Å². The van der Waals surface area contributed by atoms with Crippen LogP contribution in [0.4, 0.5) is 0 Å². The Hall–Kier alpha value is -1.97. The Morgan fingerprint density at radius 3 is 2.12 bits per heavy atom. The van der Waals surface area contributed by atoms with Gasteiger partial charge in [-0.05, 0) is 25.5 Å². The van der Waals surface area contributed by atoms with Crippen LogP contribution in [0, 0.1) is 0 Å². The van der Waals surface area contributed by atoms with E-state index in [0.29, 0.717) is 12.2 Å². The van der Waals surface area contributed by atoms with Gasteiger partial charge in [-0.3, -0.25) is 4.79 Å². The van der Waals surface area contributed by atoms with E-state index in [0.717, 1.165) is 6.42 Å². The molecule has 1 amide bonds. The highest BCUT2D eigenvalue weighted by Crippen LogP contribution is 2.06. The van der Waals surface area contributed by atoms with Crippen molar-refractivity contribution in [2.75, 3.05) is 0 Å². The third-order valence-corrected chi connectivity index (χ3v) is 2.05. The van der Waals surface area contributed by atoms with Gasteiger partial charge < -0.3 is 15.9 Å². The molecule has 4 N–H and O–H groups in total. The summed E-state index contributed by atoms with van der Waals surface area (Å²) in [6, 6.07) is 8.71. The lowest BCUT2D eigenvalue weighted by atomic mass is 10.2. The first-order valence-corrected chi connectivity index (χ1v) is 5.41. The summed E-state index contributed by atoms with van der Waals surface area (Å²) in [5.41, 5.74) is 5.18. The summed E-state index contributed by atoms with van der Waals surface area (Å²) >= 11 is 0. The van der Waals surface area contributed by atoms with Crippen molar-refractivity contribution in [2.24, 2.45) is 5.73 Å². The number of para-hydroxylation sites is 1. The molecule has 1 aromatic carbocycles. The van der Waals surface area contributed by atoms with Gasteiger partial charge in [0.1, 0.15) is 11.5 Å². The Labute approximate surface area is 101 Å². The van der Waals surface area contributed by atoms with Crippen LogP contribution in [0.15, 0.2) is 41.7 Å². The highest BCUT2D eigenvalue weighted by Gasteiger charge is 2.03. The number of aliphatic hydroxyl groups excluding tert-OH is 1. The maximum atomic E-state index is 10.4. The van der Waals surface area contributed by atoms with Gasteiger partial charge in [0.15, 0.2) is 0 Å². The second-order valence-corrected chi connectivity index (χ2v) is 3.52. The first-order valence-electron chi connectivity index (χ1n) is 5.41. The predicted molar refractivity (Wildman–Crippen MR) is 67.5 cm³/mol. The first-order chi connectivity index (χ1) is 7.99. The van der Waals surface area contributed by atoms with Crippen molar-refractivity contribution in [1.82, 2.24) is 0 Å². The van der Waals surface area contributed by atoms with Crippen LogP contribution in [-0.4, -0.2) is 16.1 Å². The Bertz CT molecular complexity index is 372. The molecule has 4 heteroatoms. The van der Waals surface area contributed by atoms with E-state index in [1.807, 2.05) is 13.0 Å². The first kappa shape index (κ1) is 15.0. The molecule has 0 aliphatic carbocycles. The molecule has 0 fully saturated rings. The van der Waals surface area contributed by atoms with E-state index in [9.17, 15) is 4.79 Å². The number of amides is 1. The highest BCUT2D eigenvalue weighted by atomic mass is 16.3. The Morgan fingerprint density at radius 1 is 1.29 bits per heavy atom. The summed E-state index contributed by atoms with van der Waals surface area (Å²) in [6.07, 6.45) is 1.34. The SMILES string of the molecule is CCCC(O)=C(C)C(N)=O.Oc1ccccc1. The van der Waals surface area contributed by atoms with Gasteiger partial charge in [-0.2, -0.15) is 0 Å². The number of primary amides is 1. The quantitative estimate of drug-likeness (QED) is 0.558. The molecule has 0 aromatic heterocycles. The monoisotopic (exact) mass is 237 g/mol. The van der Waals surface area contributed by atoms with Crippen molar-refractivity contribution in [3.63, 3.8) is 0 Å². The van der Waals surface area contributed by atoms with Crippen molar-refractivity contribution in [1.29, 1.82) is 0 Å². The zero-order valence-electron chi connectivity index (χ0n) is 10.2. The minimum Gasteiger partial charge on any atom is -0.512 e. The fourth-order valence-electron chi connectivity index (χ4n) is 0.995. The number of benzene rings is 1. The van der Waals surface area contributed by atoms with E-state index in [2.05, 4.69) is 0 Å². The molecule has 0 spiro atoms. The number of phenolic OH excluding ortho intramolecular Hbond substituents is 1. The lowest BCUT2D eigenvalue weighted by Crippen LogP contribution is -2.13. The molecule has 17 heavy (non-hydrogen) atoms. The van der Waals surface area contributed by atoms with Crippen LogP contribution in [-0.2, 0) is 4.79 Å². The summed E-state index contributed by atoms with van der Waals surface area (Å²) in [5.74, 6) is -0.122. The number of aromatic hydroxyl groups is 1. The van der Waals surface area contributed by atoms with Crippen LogP contribution in [0.3, 0.4) is 0 Å². The van der Waals surface area contributed by atoms with Gasteiger partial charge >= 0.3 is 0 Å². The number of hydrogen-bond donors (Lipinski definition) is 3. The number of nitrogens with two attached hydrogens (primary N) is 1. The number of hydrogen-bond acceptors (Lipinski definition) is 3. The fraction of sp³-hybridized carbons (Fsp3) is 0.308. The van der Waals surface area contributed by atoms with Gasteiger partial charge in [-0.25, -0.2) is 0 Å². The third-order valence-electron chi connectivity index (χ3n) is 2.05. The van der Waals surface area contributed by atoms with Crippen molar-refractivity contribution < 1.29 is 15.0 Å². The molecule has 0 unspecified atom stereocenters. The second-order valence-electron chi connectivity index (χ2n) is 3.52. The Morgan fingerprint density at radius 2 is 1.82 bits per heavy atom.